The van der Waals surface area contributed by atoms with Gasteiger partial charge in [-0.05, 0) is 40.5 Å². The highest BCUT2D eigenvalue weighted by molar-refractivity contribution is 9.10. The first-order valence-electron chi connectivity index (χ1n) is 5.38. The maximum Gasteiger partial charge on any atom is 0.122 e. The standard InChI is InChI=1S/C12H14BrN3O/c1-2-16-11(10(13)7-15-16)12(17)8-3-5-9(14)6-4-8/h3-7,12,17H,2,14H2,1H3. The maximum atomic E-state index is 10.3. The summed E-state index contributed by atoms with van der Waals surface area (Å²) in [5, 5.41) is 14.5. The Labute approximate surface area is 108 Å². The minimum atomic E-state index is -0.701. The number of aliphatic hydroxyl groups is 1. The number of nitrogens with two attached hydrogens (primary N) is 1. The molecule has 1 aromatic carbocycles. The van der Waals surface area contributed by atoms with Crippen molar-refractivity contribution < 1.29 is 5.11 Å². The molecular formula is C12H14BrN3O. The van der Waals surface area contributed by atoms with Crippen molar-refractivity contribution in [2.24, 2.45) is 0 Å². The van der Waals surface area contributed by atoms with E-state index in [0.29, 0.717) is 12.2 Å². The number of hydrogen-bond donors (Lipinski definition) is 2. The molecule has 2 aromatic rings. The summed E-state index contributed by atoms with van der Waals surface area (Å²) in [7, 11) is 0. The summed E-state index contributed by atoms with van der Waals surface area (Å²) in [6, 6.07) is 7.19. The van der Waals surface area contributed by atoms with Crippen LogP contribution in [-0.4, -0.2) is 14.9 Å². The molecule has 4 nitrogen and oxygen atoms in total. The molecule has 1 unspecified atom stereocenters. The van der Waals surface area contributed by atoms with Gasteiger partial charge in [0, 0.05) is 12.2 Å². The van der Waals surface area contributed by atoms with Gasteiger partial charge < -0.3 is 10.8 Å². The molecule has 5 heteroatoms. The van der Waals surface area contributed by atoms with Crippen LogP contribution in [0, 0.1) is 0 Å². The Morgan fingerprint density at radius 3 is 2.65 bits per heavy atom. The molecule has 0 saturated carbocycles. The molecule has 0 radical (unpaired) electrons. The van der Waals surface area contributed by atoms with Crippen LogP contribution in [0.2, 0.25) is 0 Å². The molecule has 0 aliphatic heterocycles. The monoisotopic (exact) mass is 295 g/mol. The predicted molar refractivity (Wildman–Crippen MR) is 70.5 cm³/mol. The van der Waals surface area contributed by atoms with Crippen LogP contribution < -0.4 is 5.73 Å². The third kappa shape index (κ3) is 2.35. The molecule has 1 aromatic heterocycles. The zero-order chi connectivity index (χ0) is 12.4. The fraction of sp³-hybridized carbons (Fsp3) is 0.250. The Hall–Kier alpha value is -1.33. The van der Waals surface area contributed by atoms with Gasteiger partial charge in [0.1, 0.15) is 6.10 Å². The summed E-state index contributed by atoms with van der Waals surface area (Å²) in [5.74, 6) is 0. The Morgan fingerprint density at radius 1 is 1.41 bits per heavy atom. The number of aliphatic hydroxyl groups excluding tert-OH is 1. The first-order valence-corrected chi connectivity index (χ1v) is 6.17. The second-order valence-corrected chi connectivity index (χ2v) is 4.62. The van der Waals surface area contributed by atoms with Gasteiger partial charge in [-0.2, -0.15) is 5.10 Å². The number of benzene rings is 1. The van der Waals surface area contributed by atoms with Crippen molar-refractivity contribution in [2.75, 3.05) is 5.73 Å². The van der Waals surface area contributed by atoms with Gasteiger partial charge in [0.15, 0.2) is 0 Å². The number of aryl methyl sites for hydroxylation is 1. The molecule has 0 aliphatic carbocycles. The van der Waals surface area contributed by atoms with Crippen LogP contribution in [0.5, 0.6) is 0 Å². The predicted octanol–water partition coefficient (Wildman–Crippen LogP) is 2.33. The lowest BCUT2D eigenvalue weighted by molar-refractivity contribution is 0.207. The highest BCUT2D eigenvalue weighted by atomic mass is 79.9. The van der Waals surface area contributed by atoms with Crippen molar-refractivity contribution in [3.8, 4) is 0 Å². The average molecular weight is 296 g/mol. The number of rotatable bonds is 3. The van der Waals surface area contributed by atoms with Gasteiger partial charge in [0.25, 0.3) is 0 Å². The topological polar surface area (TPSA) is 64.1 Å². The van der Waals surface area contributed by atoms with Crippen molar-refractivity contribution in [1.29, 1.82) is 0 Å². The Kier molecular flexibility index (Phi) is 3.49. The lowest BCUT2D eigenvalue weighted by Crippen LogP contribution is -2.09. The van der Waals surface area contributed by atoms with Crippen molar-refractivity contribution >= 4 is 21.6 Å². The molecular weight excluding hydrogens is 282 g/mol. The second-order valence-electron chi connectivity index (χ2n) is 3.76. The van der Waals surface area contributed by atoms with Crippen molar-refractivity contribution in [3.05, 3.63) is 46.2 Å². The third-order valence-corrected chi connectivity index (χ3v) is 3.25. The summed E-state index contributed by atoms with van der Waals surface area (Å²) in [5.41, 5.74) is 7.87. The van der Waals surface area contributed by atoms with E-state index in [-0.39, 0.29) is 0 Å². The zero-order valence-corrected chi connectivity index (χ0v) is 11.1. The lowest BCUT2D eigenvalue weighted by Gasteiger charge is -2.13. The van der Waals surface area contributed by atoms with Gasteiger partial charge in [-0.3, -0.25) is 4.68 Å². The molecule has 0 spiro atoms. The van der Waals surface area contributed by atoms with Gasteiger partial charge >= 0.3 is 0 Å². The maximum absolute atomic E-state index is 10.3. The number of halogens is 1. The zero-order valence-electron chi connectivity index (χ0n) is 9.47. The minimum absolute atomic E-state index is 0.684. The second kappa shape index (κ2) is 4.89. The van der Waals surface area contributed by atoms with E-state index in [2.05, 4.69) is 21.0 Å². The summed E-state index contributed by atoms with van der Waals surface area (Å²) >= 11 is 3.40. The molecule has 90 valence electrons. The average Bonchev–Trinajstić information content (AvgIpc) is 2.70. The van der Waals surface area contributed by atoms with E-state index in [9.17, 15) is 5.11 Å². The molecule has 2 rings (SSSR count). The van der Waals surface area contributed by atoms with Gasteiger partial charge in [-0.15, -0.1) is 0 Å². The number of aromatic nitrogens is 2. The van der Waals surface area contributed by atoms with Gasteiger partial charge in [-0.25, -0.2) is 0 Å². The summed E-state index contributed by atoms with van der Waals surface area (Å²) < 4.78 is 2.58. The Balaban J connectivity index is 2.39. The molecule has 17 heavy (non-hydrogen) atoms. The van der Waals surface area contributed by atoms with Crippen LogP contribution in [0.1, 0.15) is 24.3 Å². The Bertz CT molecular complexity index is 507. The molecule has 1 heterocycles. The molecule has 0 fully saturated rings. The van der Waals surface area contributed by atoms with E-state index in [4.69, 9.17) is 5.73 Å². The first kappa shape index (κ1) is 12.1. The van der Waals surface area contributed by atoms with Crippen molar-refractivity contribution in [2.45, 2.75) is 19.6 Å². The normalized spacial score (nSPS) is 12.6. The smallest absolute Gasteiger partial charge is 0.122 e. The number of hydrogen-bond acceptors (Lipinski definition) is 3. The van der Waals surface area contributed by atoms with Crippen molar-refractivity contribution in [3.63, 3.8) is 0 Å². The molecule has 0 aliphatic rings. The molecule has 3 N–H and O–H groups in total. The molecule has 0 amide bonds. The third-order valence-electron chi connectivity index (χ3n) is 2.64. The lowest BCUT2D eigenvalue weighted by atomic mass is 10.1. The van der Waals surface area contributed by atoms with Crippen LogP contribution in [-0.2, 0) is 6.54 Å². The van der Waals surface area contributed by atoms with Crippen molar-refractivity contribution in [1.82, 2.24) is 9.78 Å². The number of nitrogens with zero attached hydrogens (tertiary/aromatic N) is 2. The SMILES string of the molecule is CCn1ncc(Br)c1C(O)c1ccc(N)cc1. The van der Waals surface area contributed by atoms with E-state index in [1.165, 1.54) is 0 Å². The fourth-order valence-corrected chi connectivity index (χ4v) is 2.25. The highest BCUT2D eigenvalue weighted by Crippen LogP contribution is 2.28. The summed E-state index contributed by atoms with van der Waals surface area (Å²) in [4.78, 5) is 0. The van der Waals surface area contributed by atoms with Crippen LogP contribution in [0.15, 0.2) is 34.9 Å². The van der Waals surface area contributed by atoms with E-state index in [1.807, 2.05) is 19.1 Å². The first-order chi connectivity index (χ1) is 8.13. The van der Waals surface area contributed by atoms with Gasteiger partial charge in [-0.1, -0.05) is 12.1 Å². The summed E-state index contributed by atoms with van der Waals surface area (Å²) in [6.45, 7) is 2.70. The van der Waals surface area contributed by atoms with Crippen LogP contribution in [0.4, 0.5) is 5.69 Å². The van der Waals surface area contributed by atoms with E-state index in [1.54, 1.807) is 23.0 Å². The summed E-state index contributed by atoms with van der Waals surface area (Å²) in [6.07, 6.45) is 0.992. The molecule has 1 atom stereocenters. The minimum Gasteiger partial charge on any atom is -0.399 e. The van der Waals surface area contributed by atoms with Crippen LogP contribution >= 0.6 is 15.9 Å². The number of nitrogen functional groups attached to an aromatic ring is 1. The van der Waals surface area contributed by atoms with E-state index >= 15 is 0 Å². The fourth-order valence-electron chi connectivity index (χ4n) is 1.73. The van der Waals surface area contributed by atoms with E-state index < -0.39 is 6.10 Å². The van der Waals surface area contributed by atoms with Gasteiger partial charge in [0.2, 0.25) is 0 Å². The number of anilines is 1. The molecule has 0 saturated heterocycles. The van der Waals surface area contributed by atoms with Crippen LogP contribution in [0.25, 0.3) is 0 Å². The van der Waals surface area contributed by atoms with Gasteiger partial charge in [0.05, 0.1) is 16.4 Å². The highest BCUT2D eigenvalue weighted by Gasteiger charge is 2.18. The van der Waals surface area contributed by atoms with Crippen LogP contribution in [0.3, 0.4) is 0 Å². The quantitative estimate of drug-likeness (QED) is 0.854. The Morgan fingerprint density at radius 2 is 2.06 bits per heavy atom. The van der Waals surface area contributed by atoms with E-state index in [0.717, 1.165) is 15.7 Å². The largest absolute Gasteiger partial charge is 0.399 e. The molecule has 0 bridgehead atoms.